The van der Waals surface area contributed by atoms with Crippen molar-refractivity contribution in [3.63, 3.8) is 0 Å². The number of hydrogen-bond donors (Lipinski definition) is 0. The van der Waals surface area contributed by atoms with E-state index in [9.17, 15) is 0 Å². The van der Waals surface area contributed by atoms with Gasteiger partial charge in [0.15, 0.2) is 0 Å². The van der Waals surface area contributed by atoms with E-state index in [1.165, 1.54) is 22.5 Å². The van der Waals surface area contributed by atoms with Crippen LogP contribution in [0.5, 0.6) is 0 Å². The van der Waals surface area contributed by atoms with Crippen molar-refractivity contribution in [1.82, 2.24) is 0 Å². The molecule has 2 nitrogen and oxygen atoms in total. The maximum Gasteiger partial charge on any atom is 0.0624 e. The van der Waals surface area contributed by atoms with Crippen molar-refractivity contribution >= 4 is 32.9 Å². The third-order valence-electron chi connectivity index (χ3n) is 7.47. The van der Waals surface area contributed by atoms with Crippen molar-refractivity contribution in [3.8, 4) is 0 Å². The average molecular weight is 749 g/mol. The molecule has 39 heavy (non-hydrogen) atoms. The predicted octanol–water partition coefficient (Wildman–Crippen LogP) is 10.7. The van der Waals surface area contributed by atoms with Gasteiger partial charge in [0.2, 0.25) is 0 Å². The van der Waals surface area contributed by atoms with E-state index in [-0.39, 0.29) is 35.6 Å². The van der Waals surface area contributed by atoms with E-state index in [1.54, 1.807) is 0 Å². The molecule has 0 N–H and O–H groups in total. The van der Waals surface area contributed by atoms with Gasteiger partial charge in [0.05, 0.1) is 34.0 Å². The first-order chi connectivity index (χ1) is 17.6. The molecule has 0 bridgehead atoms. The number of rotatable bonds is 7. The van der Waals surface area contributed by atoms with E-state index in [4.69, 9.17) is 0 Å². The van der Waals surface area contributed by atoms with Gasteiger partial charge in [0, 0.05) is 47.0 Å². The van der Waals surface area contributed by atoms with Gasteiger partial charge in [0.25, 0.3) is 0 Å². The third kappa shape index (κ3) is 11.7. The molecule has 0 saturated carbocycles. The Kier molecular flexibility index (Phi) is 17.9. The van der Waals surface area contributed by atoms with Crippen LogP contribution in [-0.2, 0) is 19.8 Å². The summed E-state index contributed by atoms with van der Waals surface area (Å²) in [7, 11) is 1.89. The molecule has 0 unspecified atom stereocenters. The van der Waals surface area contributed by atoms with Crippen LogP contribution in [0.1, 0.15) is 94.2 Å². The molecule has 0 atom stereocenters. The van der Waals surface area contributed by atoms with Crippen LogP contribution in [-0.4, -0.2) is 41.0 Å². The van der Waals surface area contributed by atoms with E-state index < -0.39 is 0 Å². The van der Waals surface area contributed by atoms with Gasteiger partial charge < -0.3 is 9.80 Å². The molecule has 5 heteroatoms. The molecule has 0 fully saturated rings. The zero-order chi connectivity index (χ0) is 29.3. The summed E-state index contributed by atoms with van der Waals surface area (Å²) in [5, 5.41) is 0. The Morgan fingerprint density at radius 2 is 1.03 bits per heavy atom. The van der Waals surface area contributed by atoms with Crippen molar-refractivity contribution in [2.45, 2.75) is 131 Å². The summed E-state index contributed by atoms with van der Waals surface area (Å²) in [6.07, 6.45) is 0. The second-order valence-electron chi connectivity index (χ2n) is 12.7. The second-order valence-corrected chi connectivity index (χ2v) is 21.6. The summed E-state index contributed by atoms with van der Waals surface area (Å²) >= 11 is 0. The molecule has 2 aromatic rings. The third-order valence-corrected chi connectivity index (χ3v) is 15.5. The number of hydrogen-bond acceptors (Lipinski definition) is 2. The Balaban J connectivity index is 0.000000598. The molecule has 224 valence electrons. The monoisotopic (exact) mass is 750 g/mol. The van der Waals surface area contributed by atoms with Gasteiger partial charge >= 0.3 is 0 Å². The summed E-state index contributed by atoms with van der Waals surface area (Å²) in [6.45, 7) is 34.8. The fraction of sp³-hybridized carbons (Fsp3) is 0.618. The first kappa shape index (κ1) is 38.5. The molecule has 0 spiro atoms. The molecule has 1 aliphatic rings. The average Bonchev–Trinajstić information content (AvgIpc) is 3.09. The van der Waals surface area contributed by atoms with Crippen LogP contribution in [0.2, 0.25) is 0 Å². The minimum Gasteiger partial charge on any atom is -0.504 e. The van der Waals surface area contributed by atoms with Gasteiger partial charge in [-0.15, -0.1) is 5.69 Å². The molecule has 0 amide bonds. The number of aryl methyl sites for hydroxylation is 2. The molecular formula is C34H60N2OsP2. The molecular weight excluding hydrogens is 689 g/mol. The van der Waals surface area contributed by atoms with E-state index >= 15 is 0 Å². The SMILES string of the molecule is CC(C)[PH+](C(C)C)C(C)C.CC(C)[PH+](C(C)C)C(C)C.Cc1cc2c(cc1C)N(c1[c-]cccc1)[CH-]N2C.[Os]. The van der Waals surface area contributed by atoms with Crippen LogP contribution in [0.25, 0.3) is 0 Å². The molecule has 3 rings (SSSR count). The number of fused-ring (bicyclic) bond motifs is 1. The van der Waals surface area contributed by atoms with Crippen LogP contribution in [0.3, 0.4) is 0 Å². The Hall–Kier alpha value is -0.464. The fourth-order valence-electron chi connectivity index (χ4n) is 6.28. The molecule has 1 heterocycles. The van der Waals surface area contributed by atoms with Crippen LogP contribution in [0.4, 0.5) is 17.1 Å². The quantitative estimate of drug-likeness (QED) is 0.206. The maximum absolute atomic E-state index is 3.27. The first-order valence-electron chi connectivity index (χ1n) is 14.8. The largest absolute Gasteiger partial charge is 0.504 e. The van der Waals surface area contributed by atoms with Crippen LogP contribution in [0.15, 0.2) is 36.4 Å². The van der Waals surface area contributed by atoms with Gasteiger partial charge in [-0.2, -0.15) is 37.0 Å². The Morgan fingerprint density at radius 3 is 1.33 bits per heavy atom. The van der Waals surface area contributed by atoms with Crippen molar-refractivity contribution in [1.29, 1.82) is 0 Å². The molecule has 0 aromatic heterocycles. The molecule has 0 saturated heterocycles. The zero-order valence-corrected chi connectivity index (χ0v) is 32.3. The van der Waals surface area contributed by atoms with Crippen molar-refractivity contribution in [2.75, 3.05) is 16.8 Å². The molecule has 1 aliphatic heterocycles. The van der Waals surface area contributed by atoms with Crippen LogP contribution >= 0.6 is 15.8 Å². The first-order valence-corrected chi connectivity index (χ1v) is 18.2. The fourth-order valence-corrected chi connectivity index (χ4v) is 14.3. The Morgan fingerprint density at radius 1 is 0.641 bits per heavy atom. The normalized spacial score (nSPS) is 12.9. The Labute approximate surface area is 259 Å². The maximum atomic E-state index is 3.27. The van der Waals surface area contributed by atoms with E-state index in [1.807, 2.05) is 18.2 Å². The van der Waals surface area contributed by atoms with E-state index in [0.717, 1.165) is 39.6 Å². The minimum atomic E-state index is -0.0957. The predicted molar refractivity (Wildman–Crippen MR) is 183 cm³/mol. The number of anilines is 3. The van der Waals surface area contributed by atoms with E-state index in [2.05, 4.69) is 145 Å². The summed E-state index contributed by atoms with van der Waals surface area (Å²) in [5.41, 5.74) is 11.8. The van der Waals surface area contributed by atoms with Crippen molar-refractivity contribution in [2.24, 2.45) is 0 Å². The van der Waals surface area contributed by atoms with Crippen LogP contribution in [0, 0.1) is 26.6 Å². The molecule has 2 aromatic carbocycles. The molecule has 0 aliphatic carbocycles. The summed E-state index contributed by atoms with van der Waals surface area (Å²) in [5.74, 6) is 0. The summed E-state index contributed by atoms with van der Waals surface area (Å²) in [4.78, 5) is 4.34. The van der Waals surface area contributed by atoms with Crippen molar-refractivity contribution < 1.29 is 19.8 Å². The standard InChI is InChI=1S/C16H16N2.2C9H21P.Os/c1-12-9-15-16(10-13(12)2)18(11-17(15)3)14-7-5-4-6-8-14;2*1-7(2)10(8(3)4)9(5)6;/h4-7,9-11H,1-3H3;2*7-9H,1-6H3;/q-2;;;/p+2. The molecule has 0 radical (unpaired) electrons. The zero-order valence-electron chi connectivity index (χ0n) is 27.8. The van der Waals surface area contributed by atoms with Gasteiger partial charge in [0.1, 0.15) is 0 Å². The smallest absolute Gasteiger partial charge is 0.0624 e. The number of nitrogens with zero attached hydrogens (tertiary/aromatic N) is 2. The van der Waals surface area contributed by atoms with Crippen LogP contribution < -0.4 is 9.80 Å². The van der Waals surface area contributed by atoms with Gasteiger partial charge in [-0.25, -0.2) is 0 Å². The summed E-state index contributed by atoms with van der Waals surface area (Å²) in [6, 6.07) is 15.8. The van der Waals surface area contributed by atoms with Crippen molar-refractivity contribution in [3.05, 3.63) is 60.3 Å². The second kappa shape index (κ2) is 18.2. The van der Waals surface area contributed by atoms with E-state index in [0.29, 0.717) is 0 Å². The van der Waals surface area contributed by atoms with Gasteiger partial charge in [-0.3, -0.25) is 0 Å². The minimum absolute atomic E-state index is 0. The number of para-hydroxylation sites is 1. The summed E-state index contributed by atoms with van der Waals surface area (Å²) < 4.78 is 0. The topological polar surface area (TPSA) is 6.48 Å². The Bertz CT molecular complexity index is 880. The van der Waals surface area contributed by atoms with Gasteiger partial charge in [-0.05, 0) is 127 Å². The number of benzene rings is 2. The van der Waals surface area contributed by atoms with Gasteiger partial charge in [-0.1, -0.05) is 0 Å².